The van der Waals surface area contributed by atoms with Crippen LogP contribution in [0.2, 0.25) is 0 Å². The van der Waals surface area contributed by atoms with Gasteiger partial charge in [-0.15, -0.1) is 0 Å². The maximum atomic E-state index is 12.1. The van der Waals surface area contributed by atoms with Crippen molar-refractivity contribution in [3.63, 3.8) is 0 Å². The molecule has 4 amide bonds. The third kappa shape index (κ3) is 8.57. The molecule has 2 atom stereocenters. The Balaban J connectivity index is 0.000000553. The van der Waals surface area contributed by atoms with Crippen LogP contribution >= 0.6 is 0 Å². The molecule has 1 aromatic rings. The molecular formula is C15H19F3N6O6. The first kappa shape index (κ1) is 24.4. The highest BCUT2D eigenvalue weighted by Gasteiger charge is 2.38. The second kappa shape index (κ2) is 10.8. The molecule has 7 N–H and O–H groups in total. The van der Waals surface area contributed by atoms with Gasteiger partial charge in [-0.2, -0.15) is 13.2 Å². The summed E-state index contributed by atoms with van der Waals surface area (Å²) in [5, 5.41) is 14.6. The van der Waals surface area contributed by atoms with Gasteiger partial charge in [0.25, 0.3) is 0 Å². The molecule has 0 aromatic carbocycles. The normalized spacial score (nSPS) is 16.5. The molecule has 2 heterocycles. The fraction of sp³-hybridized carbons (Fsp3) is 0.467. The fourth-order valence-corrected chi connectivity index (χ4v) is 2.21. The standard InChI is InChI=1S/C13H18N6O4.C2HF3O2/c14-10(20)5-16-12(22)9(3-7-4-15-6-17-7)19-13(23)8-1-2-11(21)18-8;3-2(4,5)1(6)7/h4,6,8-9H,1-3,5H2,(H2,14,20)(H,15,17)(H,16,22)(H,18,21)(H,19,23);(H,6,7)/t8-,9-;/m0./s1. The lowest BCUT2D eigenvalue weighted by molar-refractivity contribution is -0.192. The van der Waals surface area contributed by atoms with E-state index in [1.54, 1.807) is 0 Å². The molecule has 0 radical (unpaired) electrons. The number of nitrogens with zero attached hydrogens (tertiary/aromatic N) is 1. The lowest BCUT2D eigenvalue weighted by atomic mass is 10.1. The number of amides is 4. The molecule has 0 saturated carbocycles. The number of carbonyl (C=O) groups excluding carboxylic acids is 4. The van der Waals surface area contributed by atoms with Crippen LogP contribution in [0, 0.1) is 0 Å². The van der Waals surface area contributed by atoms with Crippen molar-refractivity contribution in [2.45, 2.75) is 37.5 Å². The van der Waals surface area contributed by atoms with E-state index >= 15 is 0 Å². The number of hydrogen-bond acceptors (Lipinski definition) is 6. The number of nitrogens with two attached hydrogens (primary N) is 1. The largest absolute Gasteiger partial charge is 0.490 e. The molecule has 1 saturated heterocycles. The first-order valence-corrected chi connectivity index (χ1v) is 8.33. The van der Waals surface area contributed by atoms with Crippen LogP contribution in [0.1, 0.15) is 18.5 Å². The Morgan fingerprint density at radius 2 is 1.97 bits per heavy atom. The highest BCUT2D eigenvalue weighted by molar-refractivity contribution is 5.94. The second-order valence-corrected chi connectivity index (χ2v) is 5.99. The van der Waals surface area contributed by atoms with Gasteiger partial charge in [0, 0.05) is 24.7 Å². The van der Waals surface area contributed by atoms with E-state index in [9.17, 15) is 32.3 Å². The number of carbonyl (C=O) groups is 5. The monoisotopic (exact) mass is 436 g/mol. The summed E-state index contributed by atoms with van der Waals surface area (Å²) in [7, 11) is 0. The van der Waals surface area contributed by atoms with Crippen molar-refractivity contribution in [1.82, 2.24) is 25.9 Å². The van der Waals surface area contributed by atoms with Crippen molar-refractivity contribution in [2.75, 3.05) is 6.54 Å². The second-order valence-electron chi connectivity index (χ2n) is 5.99. The zero-order valence-electron chi connectivity index (χ0n) is 15.3. The number of aromatic nitrogens is 2. The van der Waals surface area contributed by atoms with Crippen molar-refractivity contribution >= 4 is 29.6 Å². The Kier molecular flexibility index (Phi) is 8.76. The first-order valence-electron chi connectivity index (χ1n) is 8.33. The Labute approximate surface area is 166 Å². The minimum atomic E-state index is -5.08. The van der Waals surface area contributed by atoms with Gasteiger partial charge in [0.05, 0.1) is 12.9 Å². The molecule has 1 aromatic heterocycles. The molecule has 2 rings (SSSR count). The zero-order chi connectivity index (χ0) is 22.9. The third-order valence-corrected chi connectivity index (χ3v) is 3.60. The van der Waals surface area contributed by atoms with Crippen molar-refractivity contribution in [3.8, 4) is 0 Å². The summed E-state index contributed by atoms with van der Waals surface area (Å²) in [6.07, 6.45) is -1.29. The fourth-order valence-electron chi connectivity index (χ4n) is 2.21. The van der Waals surface area contributed by atoms with Crippen LogP contribution < -0.4 is 21.7 Å². The van der Waals surface area contributed by atoms with E-state index in [-0.39, 0.29) is 25.3 Å². The number of nitrogens with one attached hydrogen (secondary N) is 4. The van der Waals surface area contributed by atoms with Crippen LogP contribution in [-0.4, -0.2) is 69.5 Å². The summed E-state index contributed by atoms with van der Waals surface area (Å²) < 4.78 is 31.7. The summed E-state index contributed by atoms with van der Waals surface area (Å²) in [5.74, 6) is -4.64. The van der Waals surface area contributed by atoms with Gasteiger partial charge in [0.15, 0.2) is 0 Å². The van der Waals surface area contributed by atoms with E-state index in [0.29, 0.717) is 12.1 Å². The van der Waals surface area contributed by atoms with Gasteiger partial charge in [-0.05, 0) is 6.42 Å². The molecule has 0 unspecified atom stereocenters. The van der Waals surface area contributed by atoms with Gasteiger partial charge in [-0.3, -0.25) is 19.2 Å². The molecular weight excluding hydrogens is 417 g/mol. The van der Waals surface area contributed by atoms with Gasteiger partial charge in [-0.1, -0.05) is 0 Å². The van der Waals surface area contributed by atoms with E-state index in [0.717, 1.165) is 0 Å². The molecule has 0 spiro atoms. The minimum Gasteiger partial charge on any atom is -0.475 e. The quantitative estimate of drug-likeness (QED) is 0.283. The van der Waals surface area contributed by atoms with Crippen LogP contribution in [0.4, 0.5) is 13.2 Å². The number of imidazole rings is 1. The SMILES string of the molecule is NC(=O)CNC(=O)[C@H](Cc1cnc[nH]1)NC(=O)[C@@H]1CCC(=O)N1.O=C(O)C(F)(F)F. The van der Waals surface area contributed by atoms with Crippen LogP contribution in [-0.2, 0) is 30.4 Å². The number of alkyl halides is 3. The smallest absolute Gasteiger partial charge is 0.475 e. The topological polar surface area (TPSA) is 196 Å². The van der Waals surface area contributed by atoms with Crippen LogP contribution in [0.5, 0.6) is 0 Å². The van der Waals surface area contributed by atoms with Gasteiger partial charge in [-0.25, -0.2) is 9.78 Å². The number of aliphatic carboxylic acids is 1. The summed E-state index contributed by atoms with van der Waals surface area (Å²) in [5.41, 5.74) is 5.63. The third-order valence-electron chi connectivity index (χ3n) is 3.60. The number of halogens is 3. The average Bonchev–Trinajstić information content (AvgIpc) is 3.30. The highest BCUT2D eigenvalue weighted by Crippen LogP contribution is 2.13. The molecule has 166 valence electrons. The highest BCUT2D eigenvalue weighted by atomic mass is 19.4. The van der Waals surface area contributed by atoms with Crippen LogP contribution in [0.15, 0.2) is 12.5 Å². The van der Waals surface area contributed by atoms with E-state index in [1.165, 1.54) is 12.5 Å². The van der Waals surface area contributed by atoms with E-state index in [1.807, 2.05) is 0 Å². The molecule has 30 heavy (non-hydrogen) atoms. The van der Waals surface area contributed by atoms with Gasteiger partial charge >= 0.3 is 12.1 Å². The molecule has 0 bridgehead atoms. The van der Waals surface area contributed by atoms with E-state index < -0.39 is 42.0 Å². The molecule has 1 fully saturated rings. The number of hydrogen-bond donors (Lipinski definition) is 6. The minimum absolute atomic E-state index is 0.164. The zero-order valence-corrected chi connectivity index (χ0v) is 15.3. The van der Waals surface area contributed by atoms with Crippen LogP contribution in [0.3, 0.4) is 0 Å². The summed E-state index contributed by atoms with van der Waals surface area (Å²) >= 11 is 0. The Morgan fingerprint density at radius 3 is 2.40 bits per heavy atom. The Morgan fingerprint density at radius 1 is 1.33 bits per heavy atom. The number of carboxylic acid groups (broad SMARTS) is 1. The van der Waals surface area contributed by atoms with Crippen molar-refractivity contribution in [1.29, 1.82) is 0 Å². The van der Waals surface area contributed by atoms with E-state index in [4.69, 9.17) is 15.6 Å². The molecule has 0 aliphatic carbocycles. The molecule has 15 heteroatoms. The number of primary amides is 1. The van der Waals surface area contributed by atoms with Gasteiger partial charge < -0.3 is 31.8 Å². The first-order chi connectivity index (χ1) is 13.9. The van der Waals surface area contributed by atoms with Crippen molar-refractivity contribution < 1.29 is 42.3 Å². The van der Waals surface area contributed by atoms with Gasteiger partial charge in [0.2, 0.25) is 23.6 Å². The van der Waals surface area contributed by atoms with E-state index in [2.05, 4.69) is 25.9 Å². The predicted octanol–water partition coefficient (Wildman–Crippen LogP) is -2.05. The number of H-pyrrole nitrogens is 1. The maximum Gasteiger partial charge on any atom is 0.490 e. The Bertz CT molecular complexity index is 782. The van der Waals surface area contributed by atoms with Crippen molar-refractivity contribution in [2.24, 2.45) is 5.73 Å². The lowest BCUT2D eigenvalue weighted by Crippen LogP contribution is -2.53. The van der Waals surface area contributed by atoms with Crippen LogP contribution in [0.25, 0.3) is 0 Å². The molecule has 1 aliphatic rings. The molecule has 1 aliphatic heterocycles. The lowest BCUT2D eigenvalue weighted by Gasteiger charge is -2.19. The number of aromatic amines is 1. The molecule has 12 nitrogen and oxygen atoms in total. The maximum absolute atomic E-state index is 12.1. The summed E-state index contributed by atoms with van der Waals surface area (Å²) in [6.45, 7) is -0.325. The number of rotatable bonds is 7. The number of carboxylic acids is 1. The Hall–Kier alpha value is -3.65. The summed E-state index contributed by atoms with van der Waals surface area (Å²) in [6, 6.07) is -1.57. The average molecular weight is 436 g/mol. The van der Waals surface area contributed by atoms with Crippen molar-refractivity contribution in [3.05, 3.63) is 18.2 Å². The summed E-state index contributed by atoms with van der Waals surface area (Å²) in [4.78, 5) is 61.8. The predicted molar refractivity (Wildman–Crippen MR) is 91.3 cm³/mol. The van der Waals surface area contributed by atoms with Gasteiger partial charge in [0.1, 0.15) is 12.1 Å².